The molecule has 0 bridgehead atoms. The van der Waals surface area contributed by atoms with Gasteiger partial charge in [0.1, 0.15) is 24.4 Å². The highest BCUT2D eigenvalue weighted by atomic mass is 16.5. The number of morpholine rings is 1. The van der Waals surface area contributed by atoms with E-state index < -0.39 is 0 Å². The normalized spacial score (nSPS) is 15.1. The number of hydrogen-bond donors (Lipinski definition) is 2. The molecule has 0 saturated carbocycles. The summed E-state index contributed by atoms with van der Waals surface area (Å²) >= 11 is 0. The summed E-state index contributed by atoms with van der Waals surface area (Å²) in [6, 6.07) is 3.67. The molecule has 1 aromatic heterocycles. The first kappa shape index (κ1) is 19.4. The van der Waals surface area contributed by atoms with Gasteiger partial charge in [-0.15, -0.1) is 0 Å². The zero-order chi connectivity index (χ0) is 19.4. The van der Waals surface area contributed by atoms with Gasteiger partial charge in [-0.25, -0.2) is 4.79 Å². The quantitative estimate of drug-likeness (QED) is 0.702. The monoisotopic (exact) mass is 375 g/mol. The molecule has 146 valence electrons. The van der Waals surface area contributed by atoms with Crippen LogP contribution in [0.2, 0.25) is 0 Å². The largest absolute Gasteiger partial charge is 0.483 e. The van der Waals surface area contributed by atoms with Crippen LogP contribution in [0.1, 0.15) is 16.7 Å². The van der Waals surface area contributed by atoms with Crippen LogP contribution in [0, 0.1) is 20.8 Å². The van der Waals surface area contributed by atoms with Gasteiger partial charge >= 0.3 is 5.63 Å². The van der Waals surface area contributed by atoms with E-state index in [2.05, 4.69) is 5.32 Å². The van der Waals surface area contributed by atoms with Crippen LogP contribution in [0.15, 0.2) is 21.3 Å². The van der Waals surface area contributed by atoms with E-state index >= 15 is 0 Å². The van der Waals surface area contributed by atoms with Crippen LogP contribution >= 0.6 is 0 Å². The number of carbonyl (C=O) groups excluding carboxylic acids is 1. The van der Waals surface area contributed by atoms with Crippen LogP contribution in [0.4, 0.5) is 0 Å². The van der Waals surface area contributed by atoms with Crippen molar-refractivity contribution in [3.63, 3.8) is 0 Å². The summed E-state index contributed by atoms with van der Waals surface area (Å²) < 4.78 is 16.5. The molecule has 0 spiro atoms. The van der Waals surface area contributed by atoms with Gasteiger partial charge < -0.3 is 24.1 Å². The third-order valence-electron chi connectivity index (χ3n) is 5.02. The number of carbonyl (C=O) groups is 1. The highest BCUT2D eigenvalue weighted by molar-refractivity contribution is 5.88. The van der Waals surface area contributed by atoms with E-state index in [0.29, 0.717) is 23.4 Å². The fraction of sp³-hybridized carbons (Fsp3) is 0.500. The third-order valence-corrected chi connectivity index (χ3v) is 5.02. The number of quaternary nitrogens is 1. The zero-order valence-electron chi connectivity index (χ0n) is 16.1. The Kier molecular flexibility index (Phi) is 6.13. The van der Waals surface area contributed by atoms with Gasteiger partial charge in [0, 0.05) is 5.56 Å². The summed E-state index contributed by atoms with van der Waals surface area (Å²) in [6.07, 6.45) is 0. The number of ether oxygens (including phenoxy) is 2. The Labute approximate surface area is 158 Å². The highest BCUT2D eigenvalue weighted by Crippen LogP contribution is 2.30. The van der Waals surface area contributed by atoms with Gasteiger partial charge in [-0.1, -0.05) is 0 Å². The number of hydrogen-bond acceptors (Lipinski definition) is 5. The van der Waals surface area contributed by atoms with Crippen molar-refractivity contribution in [3.05, 3.63) is 39.2 Å². The van der Waals surface area contributed by atoms with Crippen molar-refractivity contribution in [1.29, 1.82) is 0 Å². The fourth-order valence-electron chi connectivity index (χ4n) is 3.29. The number of rotatable bonds is 6. The Morgan fingerprint density at radius 1 is 1.19 bits per heavy atom. The predicted molar refractivity (Wildman–Crippen MR) is 102 cm³/mol. The van der Waals surface area contributed by atoms with Crippen LogP contribution in [0.3, 0.4) is 0 Å². The topological polar surface area (TPSA) is 82.2 Å². The zero-order valence-corrected chi connectivity index (χ0v) is 16.1. The van der Waals surface area contributed by atoms with E-state index in [9.17, 15) is 9.59 Å². The second-order valence-corrected chi connectivity index (χ2v) is 7.03. The molecule has 1 fully saturated rings. The Morgan fingerprint density at radius 2 is 1.93 bits per heavy atom. The first-order valence-corrected chi connectivity index (χ1v) is 9.31. The average Bonchev–Trinajstić information content (AvgIpc) is 2.65. The maximum absolute atomic E-state index is 12.1. The minimum atomic E-state index is -0.347. The number of fused-ring (bicyclic) bond motifs is 1. The van der Waals surface area contributed by atoms with E-state index in [4.69, 9.17) is 13.9 Å². The van der Waals surface area contributed by atoms with Crippen molar-refractivity contribution in [3.8, 4) is 5.75 Å². The second kappa shape index (κ2) is 8.54. The number of amides is 1. The molecule has 1 amide bonds. The summed E-state index contributed by atoms with van der Waals surface area (Å²) in [4.78, 5) is 25.5. The Balaban J connectivity index is 1.63. The summed E-state index contributed by atoms with van der Waals surface area (Å²) in [5, 5.41) is 3.64. The lowest BCUT2D eigenvalue weighted by Crippen LogP contribution is -3.14. The number of benzene rings is 1. The molecule has 1 aliphatic rings. The van der Waals surface area contributed by atoms with Gasteiger partial charge in [-0.05, 0) is 44.0 Å². The second-order valence-electron chi connectivity index (χ2n) is 7.03. The smallest absolute Gasteiger partial charge is 0.339 e. The van der Waals surface area contributed by atoms with Crippen LogP contribution in [-0.2, 0) is 9.53 Å². The number of aryl methyl sites for hydroxylation is 2. The predicted octanol–water partition coefficient (Wildman–Crippen LogP) is 0.128. The molecule has 7 heteroatoms. The van der Waals surface area contributed by atoms with E-state index in [1.807, 2.05) is 19.9 Å². The summed E-state index contributed by atoms with van der Waals surface area (Å²) in [5.74, 6) is 0.396. The summed E-state index contributed by atoms with van der Waals surface area (Å²) in [7, 11) is 0. The van der Waals surface area contributed by atoms with E-state index in [-0.39, 0.29) is 18.1 Å². The summed E-state index contributed by atoms with van der Waals surface area (Å²) in [5.41, 5.74) is 2.40. The van der Waals surface area contributed by atoms with Crippen LogP contribution in [-0.4, -0.2) is 51.9 Å². The molecule has 1 aliphatic heterocycles. The van der Waals surface area contributed by atoms with E-state index in [1.54, 1.807) is 13.0 Å². The van der Waals surface area contributed by atoms with Crippen molar-refractivity contribution in [2.45, 2.75) is 20.8 Å². The fourth-order valence-corrected chi connectivity index (χ4v) is 3.29. The molecule has 27 heavy (non-hydrogen) atoms. The third kappa shape index (κ3) is 4.67. The first-order chi connectivity index (χ1) is 13.0. The molecule has 2 N–H and O–H groups in total. The molecule has 2 heterocycles. The standard InChI is InChI=1S/C20H26N2O5/c1-13-10-16(19-14(2)15(3)20(24)27-17(19)11-13)26-12-18(23)21-4-5-22-6-8-25-9-7-22/h10-11H,4-9,12H2,1-3H3,(H,21,23)/p+1. The number of nitrogens with one attached hydrogen (secondary N) is 2. The summed E-state index contributed by atoms with van der Waals surface area (Å²) in [6.45, 7) is 10.4. The molecule has 3 rings (SSSR count). The van der Waals surface area contributed by atoms with E-state index in [1.165, 1.54) is 4.90 Å². The van der Waals surface area contributed by atoms with Gasteiger partial charge in [0.05, 0.1) is 31.7 Å². The van der Waals surface area contributed by atoms with Gasteiger partial charge in [0.25, 0.3) is 5.91 Å². The molecule has 0 radical (unpaired) electrons. The van der Waals surface area contributed by atoms with Crippen molar-refractivity contribution in [2.75, 3.05) is 46.0 Å². The van der Waals surface area contributed by atoms with Crippen LogP contribution in [0.25, 0.3) is 11.0 Å². The van der Waals surface area contributed by atoms with Crippen molar-refractivity contribution in [1.82, 2.24) is 5.32 Å². The SMILES string of the molecule is Cc1cc(OCC(=O)NCC[NH+]2CCOCC2)c2c(C)c(C)c(=O)oc2c1. The molecule has 2 aromatic rings. The van der Waals surface area contributed by atoms with Gasteiger partial charge in [0.15, 0.2) is 6.61 Å². The van der Waals surface area contributed by atoms with Crippen molar-refractivity contribution >= 4 is 16.9 Å². The van der Waals surface area contributed by atoms with Gasteiger partial charge in [-0.2, -0.15) is 0 Å². The Hall–Kier alpha value is -2.38. The molecule has 0 aliphatic carbocycles. The lowest BCUT2D eigenvalue weighted by atomic mass is 10.0. The van der Waals surface area contributed by atoms with Gasteiger partial charge in [0.2, 0.25) is 0 Å². The van der Waals surface area contributed by atoms with Crippen molar-refractivity contribution < 1.29 is 23.6 Å². The minimum Gasteiger partial charge on any atom is -0.483 e. The van der Waals surface area contributed by atoms with Gasteiger partial charge in [-0.3, -0.25) is 4.79 Å². The van der Waals surface area contributed by atoms with Crippen LogP contribution in [0.5, 0.6) is 5.75 Å². The molecular formula is C20H27N2O5+. The molecular weight excluding hydrogens is 348 g/mol. The molecule has 1 aromatic carbocycles. The van der Waals surface area contributed by atoms with Crippen molar-refractivity contribution in [2.24, 2.45) is 0 Å². The lowest BCUT2D eigenvalue weighted by Gasteiger charge is -2.23. The highest BCUT2D eigenvalue weighted by Gasteiger charge is 2.16. The maximum atomic E-state index is 12.1. The Bertz CT molecular complexity index is 884. The first-order valence-electron chi connectivity index (χ1n) is 9.31. The average molecular weight is 375 g/mol. The minimum absolute atomic E-state index is 0.0748. The lowest BCUT2D eigenvalue weighted by molar-refractivity contribution is -0.906. The molecule has 1 saturated heterocycles. The maximum Gasteiger partial charge on any atom is 0.339 e. The molecule has 0 atom stereocenters. The Morgan fingerprint density at radius 3 is 2.67 bits per heavy atom. The van der Waals surface area contributed by atoms with Crippen LogP contribution < -0.4 is 20.6 Å². The molecule has 0 unspecified atom stereocenters. The van der Waals surface area contributed by atoms with E-state index in [0.717, 1.165) is 49.4 Å². The molecule has 7 nitrogen and oxygen atoms in total.